The third-order valence-electron chi connectivity index (χ3n) is 4.84. The van der Waals surface area contributed by atoms with Crippen LogP contribution in [0.2, 0.25) is 0 Å². The first kappa shape index (κ1) is 17.2. The van der Waals surface area contributed by atoms with Crippen LogP contribution in [0.5, 0.6) is 0 Å². The molecule has 1 N–H and O–H groups in total. The van der Waals surface area contributed by atoms with Gasteiger partial charge in [0, 0.05) is 18.7 Å². The fourth-order valence-corrected chi connectivity index (χ4v) is 3.60. The number of nitrogens with zero attached hydrogens (tertiary/aromatic N) is 1. The van der Waals surface area contributed by atoms with Crippen molar-refractivity contribution in [2.75, 3.05) is 11.4 Å². The van der Waals surface area contributed by atoms with Crippen molar-refractivity contribution in [3.05, 3.63) is 78.1 Å². The smallest absolute Gasteiger partial charge is 0.229 e. The lowest BCUT2D eigenvalue weighted by atomic mass is 10.0. The molecule has 1 saturated heterocycles. The number of rotatable bonds is 4. The van der Waals surface area contributed by atoms with E-state index in [0.29, 0.717) is 12.2 Å². The highest BCUT2D eigenvalue weighted by Gasteiger charge is 2.31. The quantitative estimate of drug-likeness (QED) is 0.773. The van der Waals surface area contributed by atoms with Crippen molar-refractivity contribution in [2.45, 2.75) is 18.9 Å². The van der Waals surface area contributed by atoms with Crippen molar-refractivity contribution < 1.29 is 14.0 Å². The molecular formula is C22H19FN2O2. The number of hydrogen-bond donors (Lipinski definition) is 1. The second kappa shape index (κ2) is 7.19. The average molecular weight is 362 g/mol. The number of nitrogens with one attached hydrogen (secondary N) is 1. The van der Waals surface area contributed by atoms with E-state index in [1.54, 1.807) is 12.1 Å². The van der Waals surface area contributed by atoms with Gasteiger partial charge in [-0.3, -0.25) is 9.59 Å². The second-order valence-electron chi connectivity index (χ2n) is 6.77. The summed E-state index contributed by atoms with van der Waals surface area (Å²) in [4.78, 5) is 26.3. The number of anilines is 1. The molecule has 0 aromatic heterocycles. The van der Waals surface area contributed by atoms with Gasteiger partial charge in [0.1, 0.15) is 5.82 Å². The monoisotopic (exact) mass is 362 g/mol. The Hall–Kier alpha value is -3.21. The van der Waals surface area contributed by atoms with Gasteiger partial charge in [-0.25, -0.2) is 4.39 Å². The Morgan fingerprint density at radius 2 is 1.85 bits per heavy atom. The van der Waals surface area contributed by atoms with E-state index in [1.165, 1.54) is 17.0 Å². The maximum absolute atomic E-state index is 13.4. The van der Waals surface area contributed by atoms with Crippen LogP contribution in [-0.2, 0) is 16.0 Å². The zero-order valence-electron chi connectivity index (χ0n) is 14.7. The Morgan fingerprint density at radius 3 is 2.70 bits per heavy atom. The van der Waals surface area contributed by atoms with Crippen molar-refractivity contribution >= 4 is 28.3 Å². The summed E-state index contributed by atoms with van der Waals surface area (Å²) in [7, 11) is 0. The number of hydrogen-bond acceptors (Lipinski definition) is 2. The summed E-state index contributed by atoms with van der Waals surface area (Å²) < 4.78 is 13.4. The molecule has 1 heterocycles. The van der Waals surface area contributed by atoms with Crippen LogP contribution in [0.25, 0.3) is 10.8 Å². The van der Waals surface area contributed by atoms with Gasteiger partial charge in [-0.15, -0.1) is 0 Å². The molecule has 0 radical (unpaired) electrons. The molecule has 1 atom stereocenters. The van der Waals surface area contributed by atoms with Crippen LogP contribution in [-0.4, -0.2) is 24.4 Å². The minimum absolute atomic E-state index is 0.115. The lowest BCUT2D eigenvalue weighted by Crippen LogP contribution is -2.38. The summed E-state index contributed by atoms with van der Waals surface area (Å²) in [5.41, 5.74) is 1.47. The summed E-state index contributed by atoms with van der Waals surface area (Å²) >= 11 is 0. The first-order valence-corrected chi connectivity index (χ1v) is 8.92. The maximum atomic E-state index is 13.4. The molecule has 0 aliphatic carbocycles. The Morgan fingerprint density at radius 1 is 1.07 bits per heavy atom. The van der Waals surface area contributed by atoms with E-state index in [9.17, 15) is 14.0 Å². The highest BCUT2D eigenvalue weighted by atomic mass is 19.1. The van der Waals surface area contributed by atoms with Gasteiger partial charge < -0.3 is 10.2 Å². The number of carbonyl (C=O) groups excluding carboxylic acids is 2. The average Bonchev–Trinajstić information content (AvgIpc) is 3.02. The Balaban J connectivity index is 1.44. The molecule has 1 aliphatic heterocycles. The summed E-state index contributed by atoms with van der Waals surface area (Å²) in [6.45, 7) is 0.351. The van der Waals surface area contributed by atoms with E-state index in [0.717, 1.165) is 16.3 Å². The summed E-state index contributed by atoms with van der Waals surface area (Å²) in [5.74, 6) is -0.620. The van der Waals surface area contributed by atoms with Gasteiger partial charge in [0.2, 0.25) is 11.8 Å². The predicted octanol–water partition coefficient (Wildman–Crippen LogP) is 3.44. The normalized spacial score (nSPS) is 16.7. The van der Waals surface area contributed by atoms with Gasteiger partial charge >= 0.3 is 0 Å². The van der Waals surface area contributed by atoms with Crippen LogP contribution >= 0.6 is 0 Å². The second-order valence-corrected chi connectivity index (χ2v) is 6.77. The SMILES string of the molecule is O=C(Cc1cccc2ccccc12)N[C@H]1CC(=O)N(c2cccc(F)c2)C1. The molecular weight excluding hydrogens is 343 g/mol. The van der Waals surface area contributed by atoms with E-state index >= 15 is 0 Å². The fourth-order valence-electron chi connectivity index (χ4n) is 3.60. The van der Waals surface area contributed by atoms with Crippen LogP contribution in [0, 0.1) is 5.82 Å². The third-order valence-corrected chi connectivity index (χ3v) is 4.84. The Bertz CT molecular complexity index is 1010. The van der Waals surface area contributed by atoms with Crippen LogP contribution in [0.4, 0.5) is 10.1 Å². The fraction of sp³-hybridized carbons (Fsp3) is 0.182. The number of carbonyl (C=O) groups is 2. The molecule has 136 valence electrons. The van der Waals surface area contributed by atoms with E-state index < -0.39 is 0 Å². The van der Waals surface area contributed by atoms with Crippen molar-refractivity contribution in [2.24, 2.45) is 0 Å². The zero-order valence-corrected chi connectivity index (χ0v) is 14.7. The minimum atomic E-state index is -0.385. The molecule has 0 bridgehead atoms. The molecule has 2 amide bonds. The van der Waals surface area contributed by atoms with Gasteiger partial charge in [0.15, 0.2) is 0 Å². The summed E-state index contributed by atoms with van der Waals surface area (Å²) in [5, 5.41) is 5.09. The molecule has 3 aromatic carbocycles. The maximum Gasteiger partial charge on any atom is 0.229 e. The number of halogens is 1. The topological polar surface area (TPSA) is 49.4 Å². The highest BCUT2D eigenvalue weighted by molar-refractivity contribution is 5.97. The molecule has 0 spiro atoms. The minimum Gasteiger partial charge on any atom is -0.351 e. The molecule has 1 fully saturated rings. The number of fused-ring (bicyclic) bond motifs is 1. The van der Waals surface area contributed by atoms with Gasteiger partial charge in [-0.2, -0.15) is 0 Å². The van der Waals surface area contributed by atoms with E-state index in [2.05, 4.69) is 5.32 Å². The largest absolute Gasteiger partial charge is 0.351 e. The van der Waals surface area contributed by atoms with E-state index in [4.69, 9.17) is 0 Å². The first-order chi connectivity index (χ1) is 13.1. The molecule has 5 heteroatoms. The van der Waals surface area contributed by atoms with E-state index in [-0.39, 0.29) is 36.5 Å². The van der Waals surface area contributed by atoms with Crippen molar-refractivity contribution in [1.29, 1.82) is 0 Å². The van der Waals surface area contributed by atoms with Crippen molar-refractivity contribution in [3.63, 3.8) is 0 Å². The molecule has 0 unspecified atom stereocenters. The highest BCUT2D eigenvalue weighted by Crippen LogP contribution is 2.23. The van der Waals surface area contributed by atoms with Gasteiger partial charge in [0.05, 0.1) is 12.5 Å². The third kappa shape index (κ3) is 3.67. The molecule has 27 heavy (non-hydrogen) atoms. The molecule has 3 aromatic rings. The van der Waals surface area contributed by atoms with Crippen LogP contribution in [0.1, 0.15) is 12.0 Å². The lowest BCUT2D eigenvalue weighted by molar-refractivity contribution is -0.121. The Kier molecular flexibility index (Phi) is 4.59. The van der Waals surface area contributed by atoms with Crippen LogP contribution in [0.15, 0.2) is 66.7 Å². The molecule has 1 aliphatic rings. The van der Waals surface area contributed by atoms with E-state index in [1.807, 2.05) is 42.5 Å². The van der Waals surface area contributed by atoms with Gasteiger partial charge in [0.25, 0.3) is 0 Å². The number of amides is 2. The zero-order chi connectivity index (χ0) is 18.8. The predicted molar refractivity (Wildman–Crippen MR) is 103 cm³/mol. The molecule has 0 saturated carbocycles. The standard InChI is InChI=1S/C22H19FN2O2/c23-17-8-4-9-19(12-17)25-14-18(13-22(25)27)24-21(26)11-16-7-3-6-15-5-1-2-10-20(15)16/h1-10,12,18H,11,13-14H2,(H,24,26)/t18-/m0/s1. The Labute approximate surface area is 156 Å². The van der Waals surface area contributed by atoms with Gasteiger partial charge in [-0.05, 0) is 34.5 Å². The van der Waals surface area contributed by atoms with Gasteiger partial charge in [-0.1, -0.05) is 48.5 Å². The summed E-state index contributed by atoms with van der Waals surface area (Å²) in [6.07, 6.45) is 0.476. The molecule has 4 rings (SSSR count). The molecule has 4 nitrogen and oxygen atoms in total. The van der Waals surface area contributed by atoms with Crippen molar-refractivity contribution in [1.82, 2.24) is 5.32 Å². The number of benzene rings is 3. The lowest BCUT2D eigenvalue weighted by Gasteiger charge is -2.17. The first-order valence-electron chi connectivity index (χ1n) is 8.92. The van der Waals surface area contributed by atoms with Crippen LogP contribution < -0.4 is 10.2 Å². The van der Waals surface area contributed by atoms with Crippen LogP contribution in [0.3, 0.4) is 0 Å². The summed E-state index contributed by atoms with van der Waals surface area (Å²) in [6, 6.07) is 19.5. The van der Waals surface area contributed by atoms with Crippen molar-refractivity contribution in [3.8, 4) is 0 Å².